The Morgan fingerprint density at radius 3 is 2.50 bits per heavy atom. The topological polar surface area (TPSA) is 89.3 Å². The molecule has 3 atom stereocenters. The monoisotopic (exact) mass is 298 g/mol. The number of sulfone groups is 1. The van der Waals surface area contributed by atoms with Gasteiger partial charge in [0.05, 0.1) is 10.2 Å². The van der Waals surface area contributed by atoms with Gasteiger partial charge in [0, 0.05) is 12.1 Å². The Bertz CT molecular complexity index is 615. The predicted molar refractivity (Wildman–Crippen MR) is 75.3 cm³/mol. The van der Waals surface area contributed by atoms with Crippen LogP contribution in [0.25, 0.3) is 0 Å². The Morgan fingerprint density at radius 1 is 1.30 bits per heavy atom. The zero-order valence-electron chi connectivity index (χ0n) is 11.4. The van der Waals surface area contributed by atoms with E-state index in [0.717, 1.165) is 6.42 Å². The minimum atomic E-state index is -3.69. The molecule has 0 bridgehead atoms. The molecule has 0 saturated heterocycles. The number of nitrogens with one attached hydrogen (secondary N) is 1. The van der Waals surface area contributed by atoms with Crippen molar-refractivity contribution in [1.82, 2.24) is 5.32 Å². The van der Waals surface area contributed by atoms with Crippen LogP contribution in [0.15, 0.2) is 29.2 Å². The molecule has 6 nitrogen and oxygen atoms in total. The predicted octanol–water partition coefficient (Wildman–Crippen LogP) is 1.75. The van der Waals surface area contributed by atoms with Gasteiger partial charge in [-0.25, -0.2) is 8.42 Å². The van der Waals surface area contributed by atoms with Gasteiger partial charge in [-0.05, 0) is 31.9 Å². The van der Waals surface area contributed by atoms with Crippen molar-refractivity contribution >= 4 is 15.5 Å². The number of nitro groups is 1. The van der Waals surface area contributed by atoms with Gasteiger partial charge in [-0.1, -0.05) is 19.1 Å². The van der Waals surface area contributed by atoms with Crippen LogP contribution in [-0.2, 0) is 9.84 Å². The fraction of sp³-hybridized carbons (Fsp3) is 0.538. The van der Waals surface area contributed by atoms with E-state index in [-0.39, 0.29) is 22.5 Å². The fourth-order valence-electron chi connectivity index (χ4n) is 2.99. The van der Waals surface area contributed by atoms with E-state index in [0.29, 0.717) is 6.42 Å². The average molecular weight is 298 g/mol. The summed E-state index contributed by atoms with van der Waals surface area (Å²) < 4.78 is 25.4. The highest BCUT2D eigenvalue weighted by Gasteiger charge is 2.43. The molecule has 7 heteroatoms. The summed E-state index contributed by atoms with van der Waals surface area (Å²) in [6.45, 7) is 1.88. The summed E-state index contributed by atoms with van der Waals surface area (Å²) in [5.41, 5.74) is -0.340. The van der Waals surface area contributed by atoms with Crippen molar-refractivity contribution in [3.8, 4) is 0 Å². The largest absolute Gasteiger partial charge is 0.317 e. The van der Waals surface area contributed by atoms with E-state index in [1.165, 1.54) is 24.3 Å². The highest BCUT2D eigenvalue weighted by molar-refractivity contribution is 7.92. The third-order valence-electron chi connectivity index (χ3n) is 4.12. The van der Waals surface area contributed by atoms with Crippen molar-refractivity contribution in [2.24, 2.45) is 5.92 Å². The van der Waals surface area contributed by atoms with Crippen LogP contribution >= 0.6 is 0 Å². The van der Waals surface area contributed by atoms with Gasteiger partial charge < -0.3 is 5.32 Å². The number of hydrogen-bond donors (Lipinski definition) is 1. The van der Waals surface area contributed by atoms with Crippen molar-refractivity contribution in [3.05, 3.63) is 34.4 Å². The van der Waals surface area contributed by atoms with Crippen molar-refractivity contribution in [1.29, 1.82) is 0 Å². The fourth-order valence-corrected chi connectivity index (χ4v) is 5.22. The molecular formula is C13H18N2O4S. The minimum Gasteiger partial charge on any atom is -0.317 e. The van der Waals surface area contributed by atoms with E-state index < -0.39 is 20.0 Å². The Hall–Kier alpha value is -1.47. The third-order valence-corrected chi connectivity index (χ3v) is 6.54. The molecule has 110 valence electrons. The molecule has 0 spiro atoms. The lowest BCUT2D eigenvalue weighted by atomic mass is 10.1. The van der Waals surface area contributed by atoms with E-state index in [1.807, 2.05) is 6.92 Å². The Morgan fingerprint density at radius 2 is 1.95 bits per heavy atom. The van der Waals surface area contributed by atoms with Gasteiger partial charge in [0.1, 0.15) is 4.90 Å². The molecule has 2 rings (SSSR count). The van der Waals surface area contributed by atoms with Crippen LogP contribution < -0.4 is 5.32 Å². The molecule has 1 saturated carbocycles. The molecule has 0 aliphatic heterocycles. The van der Waals surface area contributed by atoms with Crippen LogP contribution in [0, 0.1) is 16.0 Å². The first-order chi connectivity index (χ1) is 9.39. The molecule has 1 aliphatic rings. The standard InChI is InChI=1S/C13H18N2O4S/c1-9-10(14-2)7-8-12(9)20(18,19)13-6-4-3-5-11(13)15(16)17/h3-6,9-10,12,14H,7-8H2,1-2H3. The smallest absolute Gasteiger partial charge is 0.287 e. The minimum absolute atomic E-state index is 0.0650. The highest BCUT2D eigenvalue weighted by atomic mass is 32.2. The number of rotatable bonds is 4. The first-order valence-electron chi connectivity index (χ1n) is 6.54. The average Bonchev–Trinajstić information content (AvgIpc) is 2.80. The molecule has 1 aromatic rings. The van der Waals surface area contributed by atoms with Crippen LogP contribution in [0.4, 0.5) is 5.69 Å². The van der Waals surface area contributed by atoms with Crippen LogP contribution in [0.5, 0.6) is 0 Å². The summed E-state index contributed by atoms with van der Waals surface area (Å²) in [4.78, 5) is 10.2. The highest BCUT2D eigenvalue weighted by Crippen LogP contribution is 2.37. The number of benzene rings is 1. The molecule has 0 heterocycles. The quantitative estimate of drug-likeness (QED) is 0.675. The third kappa shape index (κ3) is 2.43. The first kappa shape index (κ1) is 14.9. The molecule has 1 N–H and O–H groups in total. The van der Waals surface area contributed by atoms with Crippen LogP contribution in [-0.4, -0.2) is 31.7 Å². The van der Waals surface area contributed by atoms with Gasteiger partial charge in [-0.3, -0.25) is 10.1 Å². The van der Waals surface area contributed by atoms with E-state index in [1.54, 1.807) is 7.05 Å². The maximum absolute atomic E-state index is 12.7. The second-order valence-electron chi connectivity index (χ2n) is 5.14. The van der Waals surface area contributed by atoms with Crippen LogP contribution in [0.2, 0.25) is 0 Å². The lowest BCUT2D eigenvalue weighted by molar-refractivity contribution is -0.387. The lowest BCUT2D eigenvalue weighted by Gasteiger charge is -2.20. The Kier molecular flexibility index (Phi) is 4.10. The zero-order chi connectivity index (χ0) is 14.9. The van der Waals surface area contributed by atoms with Gasteiger partial charge in [0.15, 0.2) is 9.84 Å². The molecule has 0 amide bonds. The van der Waals surface area contributed by atoms with Gasteiger partial charge in [0.25, 0.3) is 5.69 Å². The SMILES string of the molecule is CNC1CCC(S(=O)(=O)c2ccccc2[N+](=O)[O-])C1C. The lowest BCUT2D eigenvalue weighted by Crippen LogP contribution is -2.34. The van der Waals surface area contributed by atoms with Crippen molar-refractivity contribution in [2.75, 3.05) is 7.05 Å². The molecule has 1 aliphatic carbocycles. The second-order valence-corrected chi connectivity index (χ2v) is 7.28. The molecule has 1 fully saturated rings. The Balaban J connectivity index is 2.44. The summed E-state index contributed by atoms with van der Waals surface area (Å²) in [6.07, 6.45) is 1.29. The molecule has 20 heavy (non-hydrogen) atoms. The first-order valence-corrected chi connectivity index (χ1v) is 8.08. The molecule has 0 aromatic heterocycles. The van der Waals surface area contributed by atoms with E-state index in [4.69, 9.17) is 0 Å². The number of nitro benzene ring substituents is 1. The van der Waals surface area contributed by atoms with Gasteiger partial charge in [-0.15, -0.1) is 0 Å². The molecule has 1 aromatic carbocycles. The van der Waals surface area contributed by atoms with Gasteiger partial charge >= 0.3 is 0 Å². The maximum Gasteiger partial charge on any atom is 0.287 e. The normalized spacial score (nSPS) is 26.6. The number of nitrogens with zero attached hydrogens (tertiary/aromatic N) is 1. The Labute approximate surface area is 118 Å². The summed E-state index contributed by atoms with van der Waals surface area (Å²) >= 11 is 0. The van der Waals surface area contributed by atoms with Crippen molar-refractivity contribution in [2.45, 2.75) is 36.0 Å². The summed E-state index contributed by atoms with van der Waals surface area (Å²) in [5, 5.41) is 13.6. The second kappa shape index (κ2) is 5.49. The van der Waals surface area contributed by atoms with E-state index >= 15 is 0 Å². The molecule has 3 unspecified atom stereocenters. The van der Waals surface area contributed by atoms with Gasteiger partial charge in [-0.2, -0.15) is 0 Å². The maximum atomic E-state index is 12.7. The van der Waals surface area contributed by atoms with Crippen molar-refractivity contribution in [3.63, 3.8) is 0 Å². The number of para-hydroxylation sites is 1. The van der Waals surface area contributed by atoms with E-state index in [2.05, 4.69) is 5.32 Å². The summed E-state index contributed by atoms with van der Waals surface area (Å²) in [6, 6.07) is 5.70. The number of hydrogen-bond acceptors (Lipinski definition) is 5. The van der Waals surface area contributed by atoms with Crippen LogP contribution in [0.1, 0.15) is 19.8 Å². The zero-order valence-corrected chi connectivity index (χ0v) is 12.3. The van der Waals surface area contributed by atoms with Crippen LogP contribution in [0.3, 0.4) is 0 Å². The van der Waals surface area contributed by atoms with E-state index in [9.17, 15) is 18.5 Å². The van der Waals surface area contributed by atoms with Crippen molar-refractivity contribution < 1.29 is 13.3 Å². The molecule has 0 radical (unpaired) electrons. The summed E-state index contributed by atoms with van der Waals surface area (Å²) in [7, 11) is -1.88. The molecular weight excluding hydrogens is 280 g/mol. The van der Waals surface area contributed by atoms with Gasteiger partial charge in [0.2, 0.25) is 0 Å². The summed E-state index contributed by atoms with van der Waals surface area (Å²) in [5.74, 6) is -0.0650.